The highest BCUT2D eigenvalue weighted by Crippen LogP contribution is 2.24. The van der Waals surface area contributed by atoms with E-state index in [4.69, 9.17) is 0 Å². The Morgan fingerprint density at radius 2 is 1.96 bits per heavy atom. The van der Waals surface area contributed by atoms with E-state index < -0.39 is 0 Å². The average Bonchev–Trinajstić information content (AvgIpc) is 3.00. The summed E-state index contributed by atoms with van der Waals surface area (Å²) >= 11 is 3.43. The molecule has 2 aromatic rings. The zero-order valence-electron chi connectivity index (χ0n) is 14.0. The summed E-state index contributed by atoms with van der Waals surface area (Å²) in [5, 5.41) is 9.63. The van der Waals surface area contributed by atoms with Gasteiger partial charge >= 0.3 is 0 Å². The fraction of sp³-hybridized carbons (Fsp3) is 0.412. The van der Waals surface area contributed by atoms with Gasteiger partial charge in [-0.15, -0.1) is 47.9 Å². The normalized spacial score (nSPS) is 14.3. The Bertz CT molecular complexity index is 658. The van der Waals surface area contributed by atoms with Gasteiger partial charge in [-0.2, -0.15) is 0 Å². The lowest BCUT2D eigenvalue weighted by molar-refractivity contribution is 0.0929. The zero-order valence-corrected chi connectivity index (χ0v) is 17.3. The first kappa shape index (κ1) is 22.3. The minimum Gasteiger partial charge on any atom is -0.349 e. The molecule has 0 aliphatic carbocycles. The summed E-state index contributed by atoms with van der Waals surface area (Å²) in [6, 6.07) is 8.14. The Balaban J connectivity index is 0.00000156. The number of rotatable bonds is 5. The first-order valence-electron chi connectivity index (χ1n) is 7.86. The number of nitrogens with one attached hydrogen (secondary N) is 2. The molecular weight excluding hydrogens is 397 g/mol. The van der Waals surface area contributed by atoms with Crippen LogP contribution in [0.3, 0.4) is 0 Å². The smallest absolute Gasteiger partial charge is 0.251 e. The van der Waals surface area contributed by atoms with Crippen molar-refractivity contribution in [3.05, 3.63) is 45.9 Å². The highest BCUT2D eigenvalue weighted by molar-refractivity contribution is 7.98. The van der Waals surface area contributed by atoms with Gasteiger partial charge in [0.2, 0.25) is 0 Å². The van der Waals surface area contributed by atoms with Gasteiger partial charge in [0.1, 0.15) is 0 Å². The molecule has 0 spiro atoms. The molecule has 138 valence electrons. The molecule has 8 heteroatoms. The third kappa shape index (κ3) is 6.79. The molecule has 1 amide bonds. The van der Waals surface area contributed by atoms with Gasteiger partial charge in [-0.3, -0.25) is 4.79 Å². The molecule has 0 atom stereocenters. The van der Waals surface area contributed by atoms with Crippen LogP contribution in [0.5, 0.6) is 0 Å². The predicted octanol–water partition coefficient (Wildman–Crippen LogP) is 4.07. The summed E-state index contributed by atoms with van der Waals surface area (Å²) in [5.74, 6) is 0.897. The van der Waals surface area contributed by atoms with E-state index in [1.807, 2.05) is 31.2 Å². The second kappa shape index (κ2) is 11.0. The third-order valence-corrected chi connectivity index (χ3v) is 5.71. The number of aromatic nitrogens is 1. The molecule has 4 nitrogen and oxygen atoms in total. The van der Waals surface area contributed by atoms with Crippen LogP contribution < -0.4 is 10.6 Å². The molecule has 0 bridgehead atoms. The topological polar surface area (TPSA) is 54.0 Å². The van der Waals surface area contributed by atoms with Crippen molar-refractivity contribution in [2.24, 2.45) is 0 Å². The Labute approximate surface area is 169 Å². The summed E-state index contributed by atoms with van der Waals surface area (Å²) in [6.07, 6.45) is 2.01. The Kier molecular flexibility index (Phi) is 9.82. The van der Waals surface area contributed by atoms with Crippen LogP contribution in [0, 0.1) is 6.92 Å². The van der Waals surface area contributed by atoms with Crippen molar-refractivity contribution < 1.29 is 4.79 Å². The molecule has 0 saturated carbocycles. The van der Waals surface area contributed by atoms with Gasteiger partial charge in [-0.1, -0.05) is 0 Å². The van der Waals surface area contributed by atoms with Crippen molar-refractivity contribution in [1.82, 2.24) is 15.6 Å². The molecule has 2 heterocycles. The van der Waals surface area contributed by atoms with Gasteiger partial charge in [0.25, 0.3) is 5.91 Å². The maximum atomic E-state index is 12.3. The SMILES string of the molecule is Cc1nc(CSc2ccc(C(=O)NC3CCNCC3)cc2)cs1.Cl.Cl. The number of carbonyl (C=O) groups is 1. The molecule has 1 fully saturated rings. The van der Waals surface area contributed by atoms with Crippen LogP contribution in [0.2, 0.25) is 0 Å². The minimum absolute atomic E-state index is 0. The van der Waals surface area contributed by atoms with E-state index in [0.29, 0.717) is 6.04 Å². The molecule has 1 aromatic carbocycles. The van der Waals surface area contributed by atoms with Crippen molar-refractivity contribution in [2.45, 2.75) is 36.5 Å². The minimum atomic E-state index is 0. The average molecular weight is 420 g/mol. The number of halogens is 2. The van der Waals surface area contributed by atoms with E-state index in [1.165, 1.54) is 0 Å². The van der Waals surface area contributed by atoms with Crippen LogP contribution in [0.1, 0.15) is 33.9 Å². The van der Waals surface area contributed by atoms with Crippen molar-refractivity contribution in [1.29, 1.82) is 0 Å². The fourth-order valence-electron chi connectivity index (χ4n) is 2.57. The molecule has 1 aliphatic heterocycles. The molecule has 1 aliphatic rings. The van der Waals surface area contributed by atoms with E-state index in [0.717, 1.165) is 52.8 Å². The van der Waals surface area contributed by atoms with E-state index in [2.05, 4.69) is 21.0 Å². The first-order chi connectivity index (χ1) is 11.2. The molecule has 2 N–H and O–H groups in total. The number of hydrogen-bond donors (Lipinski definition) is 2. The molecule has 0 radical (unpaired) electrons. The molecule has 3 rings (SSSR count). The fourth-order valence-corrected chi connectivity index (χ4v) is 4.08. The maximum Gasteiger partial charge on any atom is 0.251 e. The zero-order chi connectivity index (χ0) is 16.1. The molecule has 25 heavy (non-hydrogen) atoms. The van der Waals surface area contributed by atoms with Crippen molar-refractivity contribution in [3.8, 4) is 0 Å². The van der Waals surface area contributed by atoms with Crippen molar-refractivity contribution >= 4 is 53.8 Å². The van der Waals surface area contributed by atoms with Gasteiger partial charge in [-0.25, -0.2) is 4.98 Å². The highest BCUT2D eigenvalue weighted by atomic mass is 35.5. The number of amides is 1. The monoisotopic (exact) mass is 419 g/mol. The standard InChI is InChI=1S/C17H21N3OS2.2ClH/c1-12-19-15(10-22-12)11-23-16-4-2-13(3-5-16)17(21)20-14-6-8-18-9-7-14;;/h2-5,10,14,18H,6-9,11H2,1H3,(H,20,21);2*1H. The van der Waals surface area contributed by atoms with E-state index in [9.17, 15) is 4.79 Å². The maximum absolute atomic E-state index is 12.3. The molecular formula is C17H23Cl2N3OS2. The van der Waals surface area contributed by atoms with Crippen LogP contribution in [-0.2, 0) is 5.75 Å². The van der Waals surface area contributed by atoms with Crippen molar-refractivity contribution in [3.63, 3.8) is 0 Å². The summed E-state index contributed by atoms with van der Waals surface area (Å²) in [5.41, 5.74) is 1.85. The Morgan fingerprint density at radius 1 is 1.28 bits per heavy atom. The first-order valence-corrected chi connectivity index (χ1v) is 9.73. The predicted molar refractivity (Wildman–Crippen MR) is 111 cm³/mol. The van der Waals surface area contributed by atoms with Crippen LogP contribution in [-0.4, -0.2) is 30.0 Å². The molecule has 0 unspecified atom stereocenters. The summed E-state index contributed by atoms with van der Waals surface area (Å²) in [6.45, 7) is 3.99. The number of hydrogen-bond acceptors (Lipinski definition) is 5. The lowest BCUT2D eigenvalue weighted by atomic mass is 10.1. The van der Waals surface area contributed by atoms with Crippen LogP contribution in [0.25, 0.3) is 0 Å². The van der Waals surface area contributed by atoms with E-state index >= 15 is 0 Å². The number of carbonyl (C=O) groups excluding carboxylic acids is 1. The van der Waals surface area contributed by atoms with E-state index in [1.54, 1.807) is 23.1 Å². The third-order valence-electron chi connectivity index (χ3n) is 3.84. The van der Waals surface area contributed by atoms with Gasteiger partial charge in [0.05, 0.1) is 10.7 Å². The molecule has 1 aromatic heterocycles. The van der Waals surface area contributed by atoms with Crippen LogP contribution >= 0.6 is 47.9 Å². The molecule has 1 saturated heterocycles. The number of piperidine rings is 1. The van der Waals surface area contributed by atoms with Crippen LogP contribution in [0.15, 0.2) is 34.5 Å². The summed E-state index contributed by atoms with van der Waals surface area (Å²) in [7, 11) is 0. The number of thiazole rings is 1. The lowest BCUT2D eigenvalue weighted by Crippen LogP contribution is -2.42. The van der Waals surface area contributed by atoms with Gasteiger partial charge in [-0.05, 0) is 57.1 Å². The Morgan fingerprint density at radius 3 is 2.56 bits per heavy atom. The second-order valence-corrected chi connectivity index (χ2v) is 7.78. The largest absolute Gasteiger partial charge is 0.349 e. The number of thioether (sulfide) groups is 1. The van der Waals surface area contributed by atoms with Gasteiger partial charge in [0.15, 0.2) is 0 Å². The van der Waals surface area contributed by atoms with Crippen molar-refractivity contribution in [2.75, 3.05) is 13.1 Å². The quantitative estimate of drug-likeness (QED) is 0.716. The van der Waals surface area contributed by atoms with Gasteiger partial charge in [0, 0.05) is 27.6 Å². The number of aryl methyl sites for hydroxylation is 1. The summed E-state index contributed by atoms with van der Waals surface area (Å²) < 4.78 is 0. The van der Waals surface area contributed by atoms with Gasteiger partial charge < -0.3 is 10.6 Å². The number of nitrogens with zero attached hydrogens (tertiary/aromatic N) is 1. The second-order valence-electron chi connectivity index (χ2n) is 5.67. The number of benzene rings is 1. The Hall–Kier alpha value is -0.790. The lowest BCUT2D eigenvalue weighted by Gasteiger charge is -2.23. The summed E-state index contributed by atoms with van der Waals surface area (Å²) in [4.78, 5) is 17.9. The van der Waals surface area contributed by atoms with E-state index in [-0.39, 0.29) is 30.7 Å². The highest BCUT2D eigenvalue weighted by Gasteiger charge is 2.16. The van der Waals surface area contributed by atoms with Crippen LogP contribution in [0.4, 0.5) is 0 Å².